The van der Waals surface area contributed by atoms with E-state index in [0.29, 0.717) is 6.10 Å². The van der Waals surface area contributed by atoms with E-state index in [4.69, 9.17) is 4.74 Å². The van der Waals surface area contributed by atoms with Crippen LogP contribution in [0.15, 0.2) is 18.2 Å². The van der Waals surface area contributed by atoms with Gasteiger partial charge in [0.25, 0.3) is 0 Å². The number of aryl methyl sites for hydroxylation is 1. The third-order valence-corrected chi connectivity index (χ3v) is 3.21. The lowest BCUT2D eigenvalue weighted by molar-refractivity contribution is 0.174. The van der Waals surface area contributed by atoms with Gasteiger partial charge in [0.1, 0.15) is 5.75 Å². The van der Waals surface area contributed by atoms with Gasteiger partial charge in [0.15, 0.2) is 0 Å². The molecule has 0 heterocycles. The smallest absolute Gasteiger partial charge is 0.125 e. The molecule has 0 aromatic heterocycles. The van der Waals surface area contributed by atoms with Crippen molar-refractivity contribution >= 4 is 0 Å². The highest BCUT2D eigenvalue weighted by molar-refractivity contribution is 5.38. The van der Waals surface area contributed by atoms with Gasteiger partial charge in [0.2, 0.25) is 0 Å². The second-order valence-corrected chi connectivity index (χ2v) is 4.74. The Kier molecular flexibility index (Phi) is 3.49. The molecule has 1 aliphatic carbocycles. The van der Waals surface area contributed by atoms with Gasteiger partial charge < -0.3 is 9.84 Å². The van der Waals surface area contributed by atoms with Gasteiger partial charge in [-0.15, -0.1) is 0 Å². The summed E-state index contributed by atoms with van der Waals surface area (Å²) >= 11 is 0. The van der Waals surface area contributed by atoms with Crippen LogP contribution < -0.4 is 4.74 Å². The predicted octanol–water partition coefficient (Wildman–Crippen LogP) is 3.37. The fourth-order valence-corrected chi connectivity index (χ4v) is 2.27. The summed E-state index contributed by atoms with van der Waals surface area (Å²) in [7, 11) is 0. The first-order chi connectivity index (χ1) is 7.66. The quantitative estimate of drug-likeness (QED) is 0.846. The van der Waals surface area contributed by atoms with Crippen molar-refractivity contribution in [1.82, 2.24) is 0 Å². The van der Waals surface area contributed by atoms with Gasteiger partial charge in [-0.3, -0.25) is 0 Å². The summed E-state index contributed by atoms with van der Waals surface area (Å²) in [6.07, 6.45) is 4.71. The summed E-state index contributed by atoms with van der Waals surface area (Å²) in [6.45, 7) is 3.83. The van der Waals surface area contributed by atoms with Crippen LogP contribution in [0.1, 0.15) is 49.8 Å². The van der Waals surface area contributed by atoms with E-state index in [9.17, 15) is 5.11 Å². The molecule has 2 rings (SSSR count). The Morgan fingerprint density at radius 3 is 2.62 bits per heavy atom. The molecule has 1 aromatic carbocycles. The fourth-order valence-electron chi connectivity index (χ4n) is 2.27. The zero-order valence-corrected chi connectivity index (χ0v) is 10.1. The van der Waals surface area contributed by atoms with E-state index in [1.54, 1.807) is 6.92 Å². The van der Waals surface area contributed by atoms with E-state index in [0.717, 1.165) is 24.2 Å². The molecule has 88 valence electrons. The summed E-state index contributed by atoms with van der Waals surface area (Å²) in [5.41, 5.74) is 2.08. The summed E-state index contributed by atoms with van der Waals surface area (Å²) in [5.74, 6) is 0.863. The number of benzene rings is 1. The van der Waals surface area contributed by atoms with Gasteiger partial charge in [-0.25, -0.2) is 0 Å². The molecule has 0 unspecified atom stereocenters. The van der Waals surface area contributed by atoms with Crippen molar-refractivity contribution in [2.75, 3.05) is 0 Å². The van der Waals surface area contributed by atoms with E-state index in [1.165, 1.54) is 18.4 Å². The van der Waals surface area contributed by atoms with Crippen molar-refractivity contribution in [2.24, 2.45) is 0 Å². The van der Waals surface area contributed by atoms with Crippen LogP contribution in [0.4, 0.5) is 0 Å². The molecular formula is C14H20O2. The SMILES string of the molecule is Cc1ccc([C@H](C)O)c(OC2CCCC2)c1. The maximum absolute atomic E-state index is 9.69. The Bertz CT molecular complexity index is 352. The van der Waals surface area contributed by atoms with Crippen molar-refractivity contribution < 1.29 is 9.84 Å². The van der Waals surface area contributed by atoms with E-state index in [2.05, 4.69) is 0 Å². The predicted molar refractivity (Wildman–Crippen MR) is 64.7 cm³/mol. The maximum atomic E-state index is 9.69. The number of ether oxygens (including phenoxy) is 1. The minimum Gasteiger partial charge on any atom is -0.490 e. The monoisotopic (exact) mass is 220 g/mol. The molecule has 1 N–H and O–H groups in total. The largest absolute Gasteiger partial charge is 0.490 e. The first-order valence-corrected chi connectivity index (χ1v) is 6.12. The standard InChI is InChI=1S/C14H20O2/c1-10-7-8-13(11(2)15)14(9-10)16-12-5-3-4-6-12/h7-9,11-12,15H,3-6H2,1-2H3/t11-/m0/s1. The molecule has 0 amide bonds. The van der Waals surface area contributed by atoms with Crippen LogP contribution in [-0.4, -0.2) is 11.2 Å². The Morgan fingerprint density at radius 1 is 1.31 bits per heavy atom. The third kappa shape index (κ3) is 2.56. The van der Waals surface area contributed by atoms with Crippen molar-refractivity contribution in [1.29, 1.82) is 0 Å². The second-order valence-electron chi connectivity index (χ2n) is 4.74. The summed E-state index contributed by atoms with van der Waals surface area (Å²) < 4.78 is 5.99. The molecule has 0 bridgehead atoms. The lowest BCUT2D eigenvalue weighted by atomic mass is 10.1. The van der Waals surface area contributed by atoms with Crippen LogP contribution in [0.2, 0.25) is 0 Å². The first kappa shape index (κ1) is 11.5. The Balaban J connectivity index is 2.19. The van der Waals surface area contributed by atoms with Gasteiger partial charge in [-0.05, 0) is 51.2 Å². The topological polar surface area (TPSA) is 29.5 Å². The van der Waals surface area contributed by atoms with E-state index < -0.39 is 6.10 Å². The highest BCUT2D eigenvalue weighted by Crippen LogP contribution is 2.30. The van der Waals surface area contributed by atoms with Gasteiger partial charge in [0, 0.05) is 5.56 Å². The summed E-state index contributed by atoms with van der Waals surface area (Å²) in [5, 5.41) is 9.69. The van der Waals surface area contributed by atoms with Crippen LogP contribution in [-0.2, 0) is 0 Å². The number of rotatable bonds is 3. The first-order valence-electron chi connectivity index (χ1n) is 6.12. The molecule has 0 aliphatic heterocycles. The van der Waals surface area contributed by atoms with Crippen LogP contribution in [0.5, 0.6) is 5.75 Å². The van der Waals surface area contributed by atoms with Crippen LogP contribution in [0.25, 0.3) is 0 Å². The molecule has 2 nitrogen and oxygen atoms in total. The lowest BCUT2D eigenvalue weighted by Crippen LogP contribution is -2.13. The van der Waals surface area contributed by atoms with Crippen molar-refractivity contribution in [3.8, 4) is 5.75 Å². The minimum atomic E-state index is -0.461. The zero-order valence-electron chi connectivity index (χ0n) is 10.1. The molecule has 1 atom stereocenters. The van der Waals surface area contributed by atoms with Crippen LogP contribution in [0.3, 0.4) is 0 Å². The van der Waals surface area contributed by atoms with E-state index >= 15 is 0 Å². The van der Waals surface area contributed by atoms with Crippen LogP contribution in [0, 0.1) is 6.92 Å². The molecule has 1 fully saturated rings. The fraction of sp³-hybridized carbons (Fsp3) is 0.571. The van der Waals surface area contributed by atoms with Gasteiger partial charge in [-0.2, -0.15) is 0 Å². The van der Waals surface area contributed by atoms with Crippen LogP contribution >= 0.6 is 0 Å². The normalized spacial score (nSPS) is 18.7. The van der Waals surface area contributed by atoms with Crippen molar-refractivity contribution in [2.45, 2.75) is 51.7 Å². The number of hydrogen-bond acceptors (Lipinski definition) is 2. The number of aliphatic hydroxyl groups excluding tert-OH is 1. The van der Waals surface area contributed by atoms with Gasteiger partial charge in [0.05, 0.1) is 12.2 Å². The minimum absolute atomic E-state index is 0.347. The van der Waals surface area contributed by atoms with Gasteiger partial charge in [-0.1, -0.05) is 12.1 Å². The molecule has 0 saturated heterocycles. The van der Waals surface area contributed by atoms with E-state index in [-0.39, 0.29) is 0 Å². The molecule has 1 aliphatic rings. The molecule has 0 spiro atoms. The highest BCUT2D eigenvalue weighted by atomic mass is 16.5. The summed E-state index contributed by atoms with van der Waals surface area (Å²) in [6, 6.07) is 6.01. The molecule has 1 aromatic rings. The van der Waals surface area contributed by atoms with Crippen molar-refractivity contribution in [3.63, 3.8) is 0 Å². The third-order valence-electron chi connectivity index (χ3n) is 3.21. The molecule has 2 heteroatoms. The second kappa shape index (κ2) is 4.88. The molecule has 1 saturated carbocycles. The lowest BCUT2D eigenvalue weighted by Gasteiger charge is -2.18. The average Bonchev–Trinajstić information content (AvgIpc) is 2.70. The van der Waals surface area contributed by atoms with Gasteiger partial charge >= 0.3 is 0 Å². The molecular weight excluding hydrogens is 200 g/mol. The summed E-state index contributed by atoms with van der Waals surface area (Å²) in [4.78, 5) is 0. The highest BCUT2D eigenvalue weighted by Gasteiger charge is 2.19. The molecule has 0 radical (unpaired) electrons. The Hall–Kier alpha value is -1.02. The average molecular weight is 220 g/mol. The zero-order chi connectivity index (χ0) is 11.5. The Morgan fingerprint density at radius 2 is 2.00 bits per heavy atom. The van der Waals surface area contributed by atoms with E-state index in [1.807, 2.05) is 25.1 Å². The van der Waals surface area contributed by atoms with Crippen molar-refractivity contribution in [3.05, 3.63) is 29.3 Å². The Labute approximate surface area is 97.3 Å². The number of aliphatic hydroxyl groups is 1. The maximum Gasteiger partial charge on any atom is 0.125 e. The molecule has 16 heavy (non-hydrogen) atoms. The number of hydrogen-bond donors (Lipinski definition) is 1.